The second kappa shape index (κ2) is 8.54. The number of halogens is 3. The van der Waals surface area contributed by atoms with Gasteiger partial charge in [-0.15, -0.1) is 0 Å². The first kappa shape index (κ1) is 22.8. The van der Waals surface area contributed by atoms with E-state index in [0.717, 1.165) is 6.07 Å². The molecular weight excluding hydrogens is 445 g/mol. The number of benzene rings is 2. The van der Waals surface area contributed by atoms with Gasteiger partial charge < -0.3 is 5.32 Å². The van der Waals surface area contributed by atoms with Crippen LogP contribution in [0.4, 0.5) is 13.2 Å². The van der Waals surface area contributed by atoms with Crippen molar-refractivity contribution in [3.63, 3.8) is 0 Å². The third-order valence-electron chi connectivity index (χ3n) is 5.37. The Morgan fingerprint density at radius 1 is 1.12 bits per heavy atom. The van der Waals surface area contributed by atoms with Gasteiger partial charge in [-0.25, -0.2) is 4.39 Å². The normalized spacial score (nSPS) is 11.4. The molecule has 2 heterocycles. The zero-order chi connectivity index (χ0) is 24.6. The van der Waals surface area contributed by atoms with Crippen LogP contribution in [0, 0.1) is 23.6 Å². The summed E-state index contributed by atoms with van der Waals surface area (Å²) in [6, 6.07) is 12.3. The van der Waals surface area contributed by atoms with Crippen LogP contribution < -0.4 is 10.8 Å². The van der Waals surface area contributed by atoms with E-state index in [1.165, 1.54) is 50.4 Å². The van der Waals surface area contributed by atoms with Crippen molar-refractivity contribution in [1.82, 2.24) is 20.1 Å². The summed E-state index contributed by atoms with van der Waals surface area (Å²) in [6.07, 6.45) is 1.56. The summed E-state index contributed by atoms with van der Waals surface area (Å²) in [7, 11) is 1.37. The highest BCUT2D eigenvalue weighted by Crippen LogP contribution is 2.34. The molecule has 7 nitrogen and oxygen atoms in total. The van der Waals surface area contributed by atoms with Crippen LogP contribution in [0.2, 0.25) is 0 Å². The molecule has 3 N–H and O–H groups in total. The maximum atomic E-state index is 15.5. The average Bonchev–Trinajstić information content (AvgIpc) is 2.82. The number of amides is 1. The molecule has 0 unspecified atom stereocenters. The van der Waals surface area contributed by atoms with Crippen molar-refractivity contribution >= 4 is 22.6 Å². The Morgan fingerprint density at radius 3 is 2.59 bits per heavy atom. The standard InChI is InChI=1S/C24H19F3N6O/c1-13-10-20-14(4-3-9-31-20)11-17(13)24(26,27)23(29)33-21(28)8-7-19(32-33)15-5-6-16(18(25)12-15)22(34)30-2/h3-12,28-29H,1-2H3,(H,30,34). The molecule has 0 saturated carbocycles. The van der Waals surface area contributed by atoms with E-state index in [2.05, 4.69) is 15.4 Å². The fourth-order valence-corrected chi connectivity index (χ4v) is 3.56. The summed E-state index contributed by atoms with van der Waals surface area (Å²) in [6.45, 7) is 1.50. The maximum Gasteiger partial charge on any atom is 0.331 e. The van der Waals surface area contributed by atoms with Gasteiger partial charge in [-0.2, -0.15) is 18.6 Å². The average molecular weight is 464 g/mol. The lowest BCUT2D eigenvalue weighted by Gasteiger charge is -2.21. The molecule has 4 rings (SSSR count). The Morgan fingerprint density at radius 2 is 1.88 bits per heavy atom. The molecule has 34 heavy (non-hydrogen) atoms. The minimum Gasteiger partial charge on any atom is -0.355 e. The van der Waals surface area contributed by atoms with Crippen LogP contribution in [0.1, 0.15) is 21.5 Å². The molecule has 0 bridgehead atoms. The van der Waals surface area contributed by atoms with E-state index >= 15 is 8.78 Å². The maximum absolute atomic E-state index is 15.5. The lowest BCUT2D eigenvalue weighted by molar-refractivity contribution is 0.0690. The van der Waals surface area contributed by atoms with E-state index in [0.29, 0.717) is 15.6 Å². The molecule has 10 heteroatoms. The van der Waals surface area contributed by atoms with Crippen LogP contribution in [0.15, 0.2) is 60.8 Å². The fourth-order valence-electron chi connectivity index (χ4n) is 3.56. The van der Waals surface area contributed by atoms with Crippen LogP contribution in [0.5, 0.6) is 0 Å². The molecule has 0 saturated heterocycles. The summed E-state index contributed by atoms with van der Waals surface area (Å²) in [4.78, 5) is 15.9. The van der Waals surface area contributed by atoms with Gasteiger partial charge in [-0.05, 0) is 55.0 Å². The molecule has 0 aliphatic heterocycles. The number of pyridine rings is 1. The molecule has 4 aromatic rings. The summed E-state index contributed by atoms with van der Waals surface area (Å²) in [5.41, 5.74) is -0.00877. The smallest absolute Gasteiger partial charge is 0.331 e. The van der Waals surface area contributed by atoms with Crippen molar-refractivity contribution in [2.24, 2.45) is 0 Å². The monoisotopic (exact) mass is 464 g/mol. The number of carbonyl (C=O) groups excluding carboxylic acids is 1. The van der Waals surface area contributed by atoms with Crippen molar-refractivity contribution in [3.05, 3.63) is 88.8 Å². The SMILES string of the molecule is CNC(=O)c1ccc(-c2ccc(=N)n(C(=N)C(F)(F)c3cc4cccnc4cc3C)n2)cc1F. The highest BCUT2D eigenvalue weighted by atomic mass is 19.3. The number of fused-ring (bicyclic) bond motifs is 1. The minimum atomic E-state index is -3.78. The molecule has 0 aliphatic carbocycles. The molecular formula is C24H19F3N6O. The molecule has 0 fully saturated rings. The number of alkyl halides is 2. The Labute approximate surface area is 191 Å². The third kappa shape index (κ3) is 3.94. The van der Waals surface area contributed by atoms with E-state index in [9.17, 15) is 9.18 Å². The molecule has 0 radical (unpaired) electrons. The van der Waals surface area contributed by atoms with Gasteiger partial charge in [0.15, 0.2) is 5.84 Å². The number of nitrogens with zero attached hydrogens (tertiary/aromatic N) is 3. The Balaban J connectivity index is 1.77. The molecule has 1 amide bonds. The molecule has 0 aliphatic rings. The zero-order valence-corrected chi connectivity index (χ0v) is 18.2. The van der Waals surface area contributed by atoms with E-state index < -0.39 is 34.5 Å². The number of nitrogens with one attached hydrogen (secondary N) is 3. The van der Waals surface area contributed by atoms with E-state index in [-0.39, 0.29) is 22.4 Å². The van der Waals surface area contributed by atoms with Gasteiger partial charge in [0.25, 0.3) is 5.91 Å². The van der Waals surface area contributed by atoms with Crippen LogP contribution in [-0.4, -0.2) is 33.6 Å². The second-order valence-corrected chi connectivity index (χ2v) is 7.58. The van der Waals surface area contributed by atoms with E-state index in [1.807, 2.05) is 0 Å². The highest BCUT2D eigenvalue weighted by Gasteiger charge is 2.41. The van der Waals surface area contributed by atoms with Gasteiger partial charge in [0.2, 0.25) is 0 Å². The van der Waals surface area contributed by atoms with Gasteiger partial charge in [-0.3, -0.25) is 20.6 Å². The molecule has 0 atom stereocenters. The lowest BCUT2D eigenvalue weighted by Crippen LogP contribution is -2.39. The number of carbonyl (C=O) groups is 1. The zero-order valence-electron chi connectivity index (χ0n) is 18.2. The minimum absolute atomic E-state index is 0.0540. The summed E-state index contributed by atoms with van der Waals surface area (Å²) in [5.74, 6) is -6.45. The topological polar surface area (TPSA) is 108 Å². The fraction of sp³-hybridized carbons (Fsp3) is 0.125. The highest BCUT2D eigenvalue weighted by molar-refractivity contribution is 5.95. The number of aryl methyl sites for hydroxylation is 1. The van der Waals surface area contributed by atoms with Gasteiger partial charge in [-0.1, -0.05) is 12.1 Å². The molecule has 2 aromatic carbocycles. The van der Waals surface area contributed by atoms with Gasteiger partial charge in [0, 0.05) is 29.8 Å². The number of rotatable bonds is 4. The predicted octanol–water partition coefficient (Wildman–Crippen LogP) is 4.00. The van der Waals surface area contributed by atoms with Crippen molar-refractivity contribution in [2.75, 3.05) is 7.05 Å². The quantitative estimate of drug-likeness (QED) is 0.314. The van der Waals surface area contributed by atoms with Crippen molar-refractivity contribution in [2.45, 2.75) is 12.8 Å². The first-order chi connectivity index (χ1) is 16.1. The van der Waals surface area contributed by atoms with Crippen molar-refractivity contribution in [3.8, 4) is 11.3 Å². The van der Waals surface area contributed by atoms with Gasteiger partial charge >= 0.3 is 5.92 Å². The van der Waals surface area contributed by atoms with Crippen LogP contribution in [0.25, 0.3) is 22.2 Å². The summed E-state index contributed by atoms with van der Waals surface area (Å²) >= 11 is 0. The largest absolute Gasteiger partial charge is 0.355 e. The van der Waals surface area contributed by atoms with E-state index in [4.69, 9.17) is 10.8 Å². The molecule has 2 aromatic heterocycles. The van der Waals surface area contributed by atoms with Crippen molar-refractivity contribution < 1.29 is 18.0 Å². The molecule has 0 spiro atoms. The van der Waals surface area contributed by atoms with Gasteiger partial charge in [0.1, 0.15) is 11.3 Å². The molecule has 172 valence electrons. The van der Waals surface area contributed by atoms with Crippen LogP contribution in [-0.2, 0) is 5.92 Å². The summed E-state index contributed by atoms with van der Waals surface area (Å²) in [5, 5.41) is 23.1. The third-order valence-corrected chi connectivity index (χ3v) is 5.37. The predicted molar refractivity (Wildman–Crippen MR) is 120 cm³/mol. The first-order valence-electron chi connectivity index (χ1n) is 10.1. The number of aromatic nitrogens is 3. The Bertz CT molecular complexity index is 1510. The second-order valence-electron chi connectivity index (χ2n) is 7.58. The summed E-state index contributed by atoms with van der Waals surface area (Å²) < 4.78 is 45.9. The van der Waals surface area contributed by atoms with Gasteiger partial charge in [0.05, 0.1) is 16.8 Å². The number of hydrogen-bond donors (Lipinski definition) is 3. The van der Waals surface area contributed by atoms with E-state index in [1.54, 1.807) is 18.3 Å². The first-order valence-corrected chi connectivity index (χ1v) is 10.1. The Hall–Kier alpha value is -4.34. The Kier molecular flexibility index (Phi) is 5.74. The van der Waals surface area contributed by atoms with Crippen molar-refractivity contribution in [1.29, 1.82) is 10.8 Å². The lowest BCUT2D eigenvalue weighted by atomic mass is 9.98. The number of hydrogen-bond acceptors (Lipinski definition) is 5. The van der Waals surface area contributed by atoms with Crippen LogP contribution in [0.3, 0.4) is 0 Å². The van der Waals surface area contributed by atoms with Crippen LogP contribution >= 0.6 is 0 Å².